The third-order valence-corrected chi connectivity index (χ3v) is 3.88. The average molecular weight is 308 g/mol. The van der Waals surface area contributed by atoms with Crippen LogP contribution in [0.2, 0.25) is 5.02 Å². The van der Waals surface area contributed by atoms with Crippen molar-refractivity contribution in [1.29, 1.82) is 0 Å². The molecule has 0 spiro atoms. The summed E-state index contributed by atoms with van der Waals surface area (Å²) in [5, 5.41) is 3.76. The molecule has 2 aromatic carbocycles. The van der Waals surface area contributed by atoms with Gasteiger partial charge < -0.3 is 10.1 Å². The lowest BCUT2D eigenvalue weighted by Gasteiger charge is -2.17. The molecule has 0 amide bonds. The minimum Gasteiger partial charge on any atom is -0.497 e. The van der Waals surface area contributed by atoms with Gasteiger partial charge in [-0.25, -0.2) is 4.39 Å². The Morgan fingerprint density at radius 1 is 1.14 bits per heavy atom. The Balaban J connectivity index is 2.05. The Labute approximate surface area is 129 Å². The summed E-state index contributed by atoms with van der Waals surface area (Å²) in [6, 6.07) is 12.8. The lowest BCUT2D eigenvalue weighted by Crippen LogP contribution is -2.30. The molecule has 0 aliphatic carbocycles. The van der Waals surface area contributed by atoms with E-state index in [-0.39, 0.29) is 11.9 Å². The number of rotatable bonds is 6. The Morgan fingerprint density at radius 3 is 2.43 bits per heavy atom. The lowest BCUT2D eigenvalue weighted by atomic mass is 9.99. The fraction of sp³-hybridized carbons (Fsp3) is 0.294. The molecule has 0 fully saturated rings. The molecule has 0 saturated heterocycles. The maximum Gasteiger partial charge on any atom is 0.124 e. The van der Waals surface area contributed by atoms with Crippen LogP contribution in [0.25, 0.3) is 0 Å². The molecule has 0 aliphatic heterocycles. The molecule has 0 heterocycles. The zero-order valence-electron chi connectivity index (χ0n) is 12.2. The van der Waals surface area contributed by atoms with Crippen LogP contribution in [0.15, 0.2) is 42.5 Å². The van der Waals surface area contributed by atoms with Crippen LogP contribution in [-0.2, 0) is 12.8 Å². The standard InChI is InChI=1S/C17H19ClFNO/c1-20-15(9-12-3-7-16(21-2)8-4-12)10-13-5-6-14(19)11-17(13)18/h3-8,11,15,20H,9-10H2,1-2H3. The molecular weight excluding hydrogens is 289 g/mol. The Morgan fingerprint density at radius 2 is 1.86 bits per heavy atom. The third-order valence-electron chi connectivity index (χ3n) is 3.53. The Bertz CT molecular complexity index is 586. The second-order valence-corrected chi connectivity index (χ2v) is 5.38. The first-order chi connectivity index (χ1) is 10.1. The monoisotopic (exact) mass is 307 g/mol. The van der Waals surface area contributed by atoms with Gasteiger partial charge in [-0.1, -0.05) is 29.8 Å². The van der Waals surface area contributed by atoms with Gasteiger partial charge in [0.25, 0.3) is 0 Å². The van der Waals surface area contributed by atoms with Crippen molar-refractivity contribution in [2.24, 2.45) is 0 Å². The number of ether oxygens (including phenoxy) is 1. The van der Waals surface area contributed by atoms with Gasteiger partial charge in [-0.3, -0.25) is 0 Å². The maximum atomic E-state index is 13.1. The quantitative estimate of drug-likeness (QED) is 0.875. The summed E-state index contributed by atoms with van der Waals surface area (Å²) >= 11 is 6.09. The summed E-state index contributed by atoms with van der Waals surface area (Å²) in [4.78, 5) is 0. The molecule has 21 heavy (non-hydrogen) atoms. The fourth-order valence-corrected chi connectivity index (χ4v) is 2.52. The highest BCUT2D eigenvalue weighted by atomic mass is 35.5. The van der Waals surface area contributed by atoms with Crippen LogP contribution in [0.1, 0.15) is 11.1 Å². The van der Waals surface area contributed by atoms with Crippen LogP contribution in [0.5, 0.6) is 5.75 Å². The van der Waals surface area contributed by atoms with Gasteiger partial charge in [-0.2, -0.15) is 0 Å². The number of nitrogens with one attached hydrogen (secondary N) is 1. The highest BCUT2D eigenvalue weighted by Gasteiger charge is 2.11. The van der Waals surface area contributed by atoms with Crippen LogP contribution in [-0.4, -0.2) is 20.2 Å². The van der Waals surface area contributed by atoms with E-state index in [0.717, 1.165) is 24.2 Å². The van der Waals surface area contributed by atoms with E-state index in [4.69, 9.17) is 16.3 Å². The third kappa shape index (κ3) is 4.45. The lowest BCUT2D eigenvalue weighted by molar-refractivity contribution is 0.414. The molecule has 0 aliphatic rings. The average Bonchev–Trinajstić information content (AvgIpc) is 2.49. The Kier molecular flexibility index (Phi) is 5.59. The minimum absolute atomic E-state index is 0.237. The first kappa shape index (κ1) is 15.8. The van der Waals surface area contributed by atoms with Crippen molar-refractivity contribution in [3.8, 4) is 5.75 Å². The largest absolute Gasteiger partial charge is 0.497 e. The number of methoxy groups -OCH3 is 1. The van der Waals surface area contributed by atoms with Crippen LogP contribution >= 0.6 is 11.6 Å². The molecular formula is C17H19ClFNO. The van der Waals surface area contributed by atoms with Gasteiger partial charge in [-0.05, 0) is 55.3 Å². The normalized spacial score (nSPS) is 12.2. The molecule has 1 N–H and O–H groups in total. The highest BCUT2D eigenvalue weighted by Crippen LogP contribution is 2.20. The van der Waals surface area contributed by atoms with E-state index in [1.807, 2.05) is 19.2 Å². The molecule has 0 aromatic heterocycles. The predicted molar refractivity (Wildman–Crippen MR) is 84.7 cm³/mol. The molecule has 0 saturated carbocycles. The summed E-state index contributed by atoms with van der Waals surface area (Å²) in [5.41, 5.74) is 2.17. The zero-order valence-corrected chi connectivity index (χ0v) is 13.0. The van der Waals surface area contributed by atoms with Crippen LogP contribution in [0.3, 0.4) is 0 Å². The number of hydrogen-bond acceptors (Lipinski definition) is 2. The number of benzene rings is 2. The number of halogens is 2. The van der Waals surface area contributed by atoms with E-state index in [9.17, 15) is 4.39 Å². The van der Waals surface area contributed by atoms with Crippen molar-refractivity contribution < 1.29 is 9.13 Å². The van der Waals surface area contributed by atoms with E-state index in [2.05, 4.69) is 17.4 Å². The van der Waals surface area contributed by atoms with Gasteiger partial charge in [0.1, 0.15) is 11.6 Å². The SMILES string of the molecule is CNC(Cc1ccc(OC)cc1)Cc1ccc(F)cc1Cl. The van der Waals surface area contributed by atoms with Crippen molar-refractivity contribution in [1.82, 2.24) is 5.32 Å². The summed E-state index contributed by atoms with van der Waals surface area (Å²) in [6.45, 7) is 0. The van der Waals surface area contributed by atoms with Gasteiger partial charge in [0.05, 0.1) is 7.11 Å². The van der Waals surface area contributed by atoms with E-state index < -0.39 is 0 Å². The van der Waals surface area contributed by atoms with Crippen molar-refractivity contribution in [3.05, 3.63) is 64.4 Å². The van der Waals surface area contributed by atoms with Crippen LogP contribution in [0.4, 0.5) is 4.39 Å². The maximum absolute atomic E-state index is 13.1. The van der Waals surface area contributed by atoms with E-state index in [0.29, 0.717) is 5.02 Å². The smallest absolute Gasteiger partial charge is 0.124 e. The van der Waals surface area contributed by atoms with Crippen LogP contribution < -0.4 is 10.1 Å². The Hall–Kier alpha value is -1.58. The number of hydrogen-bond donors (Lipinski definition) is 1. The summed E-state index contributed by atoms with van der Waals surface area (Å²) in [7, 11) is 3.58. The van der Waals surface area contributed by atoms with Gasteiger partial charge >= 0.3 is 0 Å². The highest BCUT2D eigenvalue weighted by molar-refractivity contribution is 6.31. The summed E-state index contributed by atoms with van der Waals surface area (Å²) in [6.07, 6.45) is 1.62. The molecule has 2 aromatic rings. The second kappa shape index (κ2) is 7.43. The van der Waals surface area contributed by atoms with Gasteiger partial charge in [0.2, 0.25) is 0 Å². The first-order valence-electron chi connectivity index (χ1n) is 6.86. The molecule has 4 heteroatoms. The van der Waals surface area contributed by atoms with Crippen molar-refractivity contribution >= 4 is 11.6 Å². The zero-order chi connectivity index (χ0) is 15.2. The molecule has 2 rings (SSSR count). The second-order valence-electron chi connectivity index (χ2n) is 4.98. The molecule has 1 atom stereocenters. The molecule has 2 nitrogen and oxygen atoms in total. The van der Waals surface area contributed by atoms with Gasteiger partial charge in [0.15, 0.2) is 0 Å². The molecule has 0 bridgehead atoms. The van der Waals surface area contributed by atoms with E-state index in [1.165, 1.54) is 17.7 Å². The fourth-order valence-electron chi connectivity index (χ4n) is 2.28. The van der Waals surface area contributed by atoms with Crippen molar-refractivity contribution in [2.45, 2.75) is 18.9 Å². The van der Waals surface area contributed by atoms with Gasteiger partial charge in [0, 0.05) is 11.1 Å². The van der Waals surface area contributed by atoms with E-state index in [1.54, 1.807) is 13.2 Å². The molecule has 0 radical (unpaired) electrons. The van der Waals surface area contributed by atoms with E-state index >= 15 is 0 Å². The van der Waals surface area contributed by atoms with Crippen LogP contribution in [0, 0.1) is 5.82 Å². The van der Waals surface area contributed by atoms with Gasteiger partial charge in [-0.15, -0.1) is 0 Å². The summed E-state index contributed by atoms with van der Waals surface area (Å²) in [5.74, 6) is 0.543. The molecule has 112 valence electrons. The predicted octanol–water partition coefficient (Wildman–Crippen LogP) is 3.86. The number of likely N-dealkylation sites (N-methyl/N-ethyl adjacent to an activating group) is 1. The van der Waals surface area contributed by atoms with Crippen molar-refractivity contribution in [3.63, 3.8) is 0 Å². The summed E-state index contributed by atoms with van der Waals surface area (Å²) < 4.78 is 18.2. The molecule has 1 unspecified atom stereocenters. The minimum atomic E-state index is -0.306. The topological polar surface area (TPSA) is 21.3 Å². The van der Waals surface area contributed by atoms with Crippen molar-refractivity contribution in [2.75, 3.05) is 14.2 Å². The first-order valence-corrected chi connectivity index (χ1v) is 7.24.